The molecular formula is C16H21N5O5. The molecule has 3 rings (SSSR count). The normalized spacial score (nSPS) is 24.7. The van der Waals surface area contributed by atoms with Crippen molar-refractivity contribution in [2.75, 3.05) is 43.2 Å². The lowest BCUT2D eigenvalue weighted by molar-refractivity contribution is -0.485. The van der Waals surface area contributed by atoms with E-state index < -0.39 is 10.6 Å². The van der Waals surface area contributed by atoms with Crippen molar-refractivity contribution in [1.29, 1.82) is 0 Å². The van der Waals surface area contributed by atoms with Gasteiger partial charge in [-0.15, -0.1) is 0 Å². The molecule has 2 aliphatic rings. The van der Waals surface area contributed by atoms with E-state index in [2.05, 4.69) is 10.4 Å². The summed E-state index contributed by atoms with van der Waals surface area (Å²) in [5.41, 5.74) is 7.27. The smallest absolute Gasteiger partial charge is 0.246 e. The number of aryl methyl sites for hydroxylation is 1. The van der Waals surface area contributed by atoms with Crippen LogP contribution >= 0.6 is 0 Å². The molecule has 26 heavy (non-hydrogen) atoms. The van der Waals surface area contributed by atoms with Crippen molar-refractivity contribution in [1.82, 2.24) is 0 Å². The molecule has 1 amide bonds. The van der Waals surface area contributed by atoms with Gasteiger partial charge in [0.05, 0.1) is 18.3 Å². The Balaban J connectivity index is 1.78. The van der Waals surface area contributed by atoms with Gasteiger partial charge >= 0.3 is 0 Å². The van der Waals surface area contributed by atoms with Crippen molar-refractivity contribution in [2.45, 2.75) is 18.9 Å². The van der Waals surface area contributed by atoms with Crippen molar-refractivity contribution in [2.24, 2.45) is 10.8 Å². The number of morpholine rings is 1. The predicted octanol–water partition coefficient (Wildman–Crippen LogP) is 0.478. The molecule has 2 fully saturated rings. The Hall–Kier alpha value is -2.56. The Bertz CT molecular complexity index is 745. The number of benzene rings is 1. The van der Waals surface area contributed by atoms with Gasteiger partial charge in [-0.2, -0.15) is 0 Å². The van der Waals surface area contributed by atoms with Gasteiger partial charge in [-0.1, -0.05) is 0 Å². The van der Waals surface area contributed by atoms with Crippen LogP contribution in [0.1, 0.15) is 12.0 Å². The number of hydrogen-bond donors (Lipinski definition) is 2. The van der Waals surface area contributed by atoms with Crippen molar-refractivity contribution in [3.05, 3.63) is 33.9 Å². The fraction of sp³-hybridized carbons (Fsp3) is 0.500. The molecule has 3 N–H and O–H groups in total. The van der Waals surface area contributed by atoms with Crippen LogP contribution in [0, 0.1) is 17.0 Å². The molecule has 0 spiro atoms. The highest BCUT2D eigenvalue weighted by atomic mass is 16.7. The Morgan fingerprint density at radius 3 is 2.88 bits per heavy atom. The van der Waals surface area contributed by atoms with Crippen LogP contribution in [-0.4, -0.2) is 55.3 Å². The van der Waals surface area contributed by atoms with E-state index in [0.717, 1.165) is 11.3 Å². The lowest BCUT2D eigenvalue weighted by Crippen LogP contribution is -2.51. The van der Waals surface area contributed by atoms with Gasteiger partial charge in [0.25, 0.3) is 0 Å². The number of anilines is 2. The average Bonchev–Trinajstić information content (AvgIpc) is 3.03. The van der Waals surface area contributed by atoms with Gasteiger partial charge in [0.2, 0.25) is 11.7 Å². The number of nitro groups is 1. The maximum atomic E-state index is 12.4. The fourth-order valence-electron chi connectivity index (χ4n) is 3.01. The second-order valence-corrected chi connectivity index (χ2v) is 6.37. The van der Waals surface area contributed by atoms with E-state index in [4.69, 9.17) is 15.2 Å². The standard InChI is InChI=1S/C16H21N5O5/c1-11-8-12(18-15(22)16(17)4-6-26-10-16)2-3-13(11)20-5-7-25-9-14(20)19-21(23)24/h2-3,8H,4-7,9-10,17H2,1H3,(H,18,22). The van der Waals surface area contributed by atoms with E-state index in [0.29, 0.717) is 31.9 Å². The second kappa shape index (κ2) is 7.36. The largest absolute Gasteiger partial charge is 0.379 e. The van der Waals surface area contributed by atoms with Crippen LogP contribution in [0.25, 0.3) is 0 Å². The van der Waals surface area contributed by atoms with Gasteiger partial charge in [-0.3, -0.25) is 4.79 Å². The number of nitrogens with zero attached hydrogens (tertiary/aromatic N) is 3. The SMILES string of the molecule is Cc1cc(NC(=O)C2(N)CCOC2)ccc1N1CCOCC1=N[N+](=O)[O-]. The molecule has 10 nitrogen and oxygen atoms in total. The number of nitrogens with one attached hydrogen (secondary N) is 1. The Morgan fingerprint density at radius 1 is 1.42 bits per heavy atom. The van der Waals surface area contributed by atoms with E-state index in [-0.39, 0.29) is 25.0 Å². The number of nitrogens with two attached hydrogens (primary N) is 1. The number of hydrogen-bond acceptors (Lipinski definition) is 6. The first-order valence-corrected chi connectivity index (χ1v) is 8.25. The zero-order chi connectivity index (χ0) is 18.7. The molecule has 0 radical (unpaired) electrons. The maximum Gasteiger partial charge on any atom is 0.246 e. The Labute approximate surface area is 150 Å². The predicted molar refractivity (Wildman–Crippen MR) is 94.8 cm³/mol. The molecule has 2 heterocycles. The third-order valence-electron chi connectivity index (χ3n) is 4.45. The van der Waals surface area contributed by atoms with Gasteiger partial charge in [-0.05, 0) is 37.1 Å². The zero-order valence-electron chi connectivity index (χ0n) is 14.4. The van der Waals surface area contributed by atoms with Crippen molar-refractivity contribution in [3.8, 4) is 0 Å². The van der Waals surface area contributed by atoms with Crippen molar-refractivity contribution >= 4 is 23.1 Å². The average molecular weight is 363 g/mol. The Morgan fingerprint density at radius 2 is 2.23 bits per heavy atom. The summed E-state index contributed by atoms with van der Waals surface area (Å²) in [6, 6.07) is 5.32. The first-order valence-electron chi connectivity index (χ1n) is 8.25. The second-order valence-electron chi connectivity index (χ2n) is 6.37. The van der Waals surface area contributed by atoms with Crippen LogP contribution in [0.15, 0.2) is 23.3 Å². The summed E-state index contributed by atoms with van der Waals surface area (Å²) in [5, 5.41) is 16.2. The fourth-order valence-corrected chi connectivity index (χ4v) is 3.01. The lowest BCUT2D eigenvalue weighted by Gasteiger charge is -2.30. The van der Waals surface area contributed by atoms with E-state index in [9.17, 15) is 14.9 Å². The highest BCUT2D eigenvalue weighted by Gasteiger charge is 2.38. The first kappa shape index (κ1) is 18.2. The van der Waals surface area contributed by atoms with Crippen LogP contribution in [0.4, 0.5) is 11.4 Å². The molecule has 2 aliphatic heterocycles. The third-order valence-corrected chi connectivity index (χ3v) is 4.45. The van der Waals surface area contributed by atoms with Gasteiger partial charge < -0.3 is 25.4 Å². The number of amides is 1. The highest BCUT2D eigenvalue weighted by Crippen LogP contribution is 2.26. The molecular weight excluding hydrogens is 342 g/mol. The third kappa shape index (κ3) is 3.82. The van der Waals surface area contributed by atoms with Gasteiger partial charge in [0, 0.05) is 24.5 Å². The van der Waals surface area contributed by atoms with Gasteiger partial charge in [0.1, 0.15) is 12.1 Å². The number of rotatable bonds is 4. The van der Waals surface area contributed by atoms with E-state index in [1.165, 1.54) is 0 Å². The molecule has 0 saturated carbocycles. The molecule has 0 aromatic heterocycles. The number of amidine groups is 1. The van der Waals surface area contributed by atoms with Crippen LogP contribution in [0.2, 0.25) is 0 Å². The summed E-state index contributed by atoms with van der Waals surface area (Å²) in [7, 11) is 0. The molecule has 1 unspecified atom stereocenters. The van der Waals surface area contributed by atoms with E-state index in [1.54, 1.807) is 23.1 Å². The summed E-state index contributed by atoms with van der Waals surface area (Å²) < 4.78 is 10.5. The number of hydrazone groups is 1. The summed E-state index contributed by atoms with van der Waals surface area (Å²) in [6.07, 6.45) is 0.477. The molecule has 10 heteroatoms. The van der Waals surface area contributed by atoms with Crippen molar-refractivity contribution < 1.29 is 19.3 Å². The number of ether oxygens (including phenoxy) is 2. The molecule has 1 atom stereocenters. The minimum absolute atomic E-state index is 0.0780. The molecule has 1 aromatic rings. The number of carbonyl (C=O) groups is 1. The summed E-state index contributed by atoms with van der Waals surface area (Å²) in [4.78, 5) is 24.9. The van der Waals surface area contributed by atoms with Crippen LogP contribution in [-0.2, 0) is 14.3 Å². The minimum atomic E-state index is -1.01. The van der Waals surface area contributed by atoms with E-state index in [1.807, 2.05) is 6.92 Å². The molecule has 0 bridgehead atoms. The first-order chi connectivity index (χ1) is 12.4. The maximum absolute atomic E-state index is 12.4. The quantitative estimate of drug-likeness (QED) is 0.587. The molecule has 1 aromatic carbocycles. The van der Waals surface area contributed by atoms with Crippen LogP contribution < -0.4 is 16.0 Å². The summed E-state index contributed by atoms with van der Waals surface area (Å²) in [5.74, 6) is -0.0470. The zero-order valence-corrected chi connectivity index (χ0v) is 14.4. The monoisotopic (exact) mass is 363 g/mol. The van der Waals surface area contributed by atoms with Gasteiger partial charge in [0.15, 0.2) is 5.03 Å². The molecule has 2 saturated heterocycles. The minimum Gasteiger partial charge on any atom is -0.379 e. The van der Waals surface area contributed by atoms with E-state index >= 15 is 0 Å². The molecule has 0 aliphatic carbocycles. The summed E-state index contributed by atoms with van der Waals surface area (Å²) in [6.45, 7) is 3.52. The van der Waals surface area contributed by atoms with Crippen molar-refractivity contribution in [3.63, 3.8) is 0 Å². The highest BCUT2D eigenvalue weighted by molar-refractivity contribution is 6.01. The van der Waals surface area contributed by atoms with Crippen LogP contribution in [0.3, 0.4) is 0 Å². The number of carbonyl (C=O) groups excluding carboxylic acids is 1. The van der Waals surface area contributed by atoms with Crippen LogP contribution in [0.5, 0.6) is 0 Å². The Kier molecular flexibility index (Phi) is 5.16. The topological polar surface area (TPSA) is 132 Å². The molecule has 140 valence electrons. The summed E-state index contributed by atoms with van der Waals surface area (Å²) >= 11 is 0. The lowest BCUT2D eigenvalue weighted by atomic mass is 9.99. The van der Waals surface area contributed by atoms with Gasteiger partial charge in [-0.25, -0.2) is 10.1 Å².